The highest BCUT2D eigenvalue weighted by Crippen LogP contribution is 2.48. The van der Waals surface area contributed by atoms with Gasteiger partial charge in [-0.3, -0.25) is 4.99 Å². The number of nitrogens with one attached hydrogen (secondary N) is 2. The molecule has 1 saturated carbocycles. The van der Waals surface area contributed by atoms with E-state index >= 15 is 0 Å². The van der Waals surface area contributed by atoms with Gasteiger partial charge in [0.1, 0.15) is 0 Å². The molecule has 1 aromatic rings. The summed E-state index contributed by atoms with van der Waals surface area (Å²) in [4.78, 5) is 4.25. The largest absolute Gasteiger partial charge is 0.511 e. The van der Waals surface area contributed by atoms with Crippen molar-refractivity contribution >= 4 is 40.0 Å². The zero-order valence-electron chi connectivity index (χ0n) is 17.7. The lowest BCUT2D eigenvalue weighted by Gasteiger charge is -2.32. The van der Waals surface area contributed by atoms with E-state index in [1.165, 1.54) is 11.1 Å². The fourth-order valence-corrected chi connectivity index (χ4v) is 5.06. The fraction of sp³-hybridized carbons (Fsp3) is 0.650. The second kappa shape index (κ2) is 10.2. The molecule has 0 radical (unpaired) electrons. The Kier molecular flexibility index (Phi) is 8.65. The van der Waals surface area contributed by atoms with Crippen molar-refractivity contribution in [3.63, 3.8) is 0 Å². The SMILES string of the molecule is CN=C(NCC1CCN(S(=O)(=O)C(F)(F)F)CC1)NCC1(c2ccccc2C)CC1.I. The Labute approximate surface area is 199 Å². The van der Waals surface area contributed by atoms with Crippen LogP contribution in [0.5, 0.6) is 0 Å². The Bertz CT molecular complexity index is 881. The quantitative estimate of drug-likeness (QED) is 0.311. The minimum absolute atomic E-state index is 0. The van der Waals surface area contributed by atoms with Gasteiger partial charge in [0.25, 0.3) is 0 Å². The Balaban J connectivity index is 0.00000341. The molecule has 11 heteroatoms. The van der Waals surface area contributed by atoms with Gasteiger partial charge in [-0.25, -0.2) is 8.42 Å². The lowest BCUT2D eigenvalue weighted by molar-refractivity contribution is -0.0496. The number of alkyl halides is 3. The summed E-state index contributed by atoms with van der Waals surface area (Å²) >= 11 is 0. The Hall–Kier alpha value is -1.08. The van der Waals surface area contributed by atoms with E-state index in [1.807, 2.05) is 6.07 Å². The minimum Gasteiger partial charge on any atom is -0.356 e. The van der Waals surface area contributed by atoms with E-state index in [9.17, 15) is 21.6 Å². The molecule has 0 unspecified atom stereocenters. The lowest BCUT2D eigenvalue weighted by atomic mass is 9.92. The molecule has 176 valence electrons. The first-order valence-corrected chi connectivity index (χ1v) is 11.6. The summed E-state index contributed by atoms with van der Waals surface area (Å²) < 4.78 is 61.6. The maximum atomic E-state index is 12.7. The van der Waals surface area contributed by atoms with Gasteiger partial charge in [-0.2, -0.15) is 17.5 Å². The van der Waals surface area contributed by atoms with Gasteiger partial charge in [0.05, 0.1) is 0 Å². The van der Waals surface area contributed by atoms with Gasteiger partial charge in [-0.1, -0.05) is 24.3 Å². The smallest absolute Gasteiger partial charge is 0.356 e. The monoisotopic (exact) mass is 574 g/mol. The van der Waals surface area contributed by atoms with Crippen LogP contribution in [0.25, 0.3) is 0 Å². The lowest BCUT2D eigenvalue weighted by Crippen LogP contribution is -2.47. The molecule has 0 bridgehead atoms. The molecule has 0 amide bonds. The zero-order chi connectivity index (χ0) is 22.0. The molecule has 31 heavy (non-hydrogen) atoms. The number of nitrogens with zero attached hydrogens (tertiary/aromatic N) is 2. The maximum absolute atomic E-state index is 12.7. The number of guanidine groups is 1. The second-order valence-electron chi connectivity index (χ2n) is 8.20. The van der Waals surface area contributed by atoms with Crippen LogP contribution in [-0.2, 0) is 15.4 Å². The first-order valence-electron chi connectivity index (χ1n) is 10.2. The molecule has 0 atom stereocenters. The van der Waals surface area contributed by atoms with Gasteiger partial charge in [0.15, 0.2) is 5.96 Å². The van der Waals surface area contributed by atoms with Crippen LogP contribution in [0.15, 0.2) is 29.3 Å². The molecule has 2 fully saturated rings. The minimum atomic E-state index is -5.24. The van der Waals surface area contributed by atoms with E-state index in [0.29, 0.717) is 29.7 Å². The molecular weight excluding hydrogens is 544 g/mol. The van der Waals surface area contributed by atoms with Crippen molar-refractivity contribution in [2.24, 2.45) is 10.9 Å². The Morgan fingerprint density at radius 2 is 1.81 bits per heavy atom. The molecule has 0 spiro atoms. The number of aliphatic imine (C=N–C) groups is 1. The van der Waals surface area contributed by atoms with E-state index in [0.717, 1.165) is 19.4 Å². The molecule has 2 aliphatic rings. The average Bonchev–Trinajstić information content (AvgIpc) is 3.49. The third-order valence-corrected chi connectivity index (χ3v) is 7.78. The highest BCUT2D eigenvalue weighted by Gasteiger charge is 2.50. The molecular formula is C20H30F3IN4O2S. The average molecular weight is 574 g/mol. The van der Waals surface area contributed by atoms with E-state index in [4.69, 9.17) is 0 Å². The summed E-state index contributed by atoms with van der Waals surface area (Å²) in [5.74, 6) is 0.745. The normalized spacial score (nSPS) is 20.1. The number of hydrogen-bond acceptors (Lipinski definition) is 3. The Morgan fingerprint density at radius 1 is 1.19 bits per heavy atom. The van der Waals surface area contributed by atoms with Crippen molar-refractivity contribution < 1.29 is 21.6 Å². The van der Waals surface area contributed by atoms with Crippen LogP contribution in [0, 0.1) is 12.8 Å². The topological polar surface area (TPSA) is 73.8 Å². The fourth-order valence-electron chi connectivity index (χ4n) is 4.07. The summed E-state index contributed by atoms with van der Waals surface area (Å²) in [5.41, 5.74) is -2.48. The number of benzene rings is 1. The van der Waals surface area contributed by atoms with Crippen LogP contribution in [-0.4, -0.2) is 57.4 Å². The standard InChI is InChI=1S/C20H29F3N4O2S.HI/c1-15-5-3-4-6-17(15)19(9-10-19)14-26-18(24-2)25-13-16-7-11-27(12-8-16)30(28,29)20(21,22)23;/h3-6,16H,7-14H2,1-2H3,(H2,24,25,26);1H. The third kappa shape index (κ3) is 6.04. The number of piperidine rings is 1. The van der Waals surface area contributed by atoms with E-state index in [1.54, 1.807) is 7.05 Å². The van der Waals surface area contributed by atoms with Crippen LogP contribution in [0.1, 0.15) is 36.8 Å². The van der Waals surface area contributed by atoms with Crippen LogP contribution < -0.4 is 10.6 Å². The summed E-state index contributed by atoms with van der Waals surface area (Å²) in [6, 6.07) is 8.38. The van der Waals surface area contributed by atoms with Crippen molar-refractivity contribution in [1.82, 2.24) is 14.9 Å². The van der Waals surface area contributed by atoms with Gasteiger partial charge < -0.3 is 10.6 Å². The number of sulfonamides is 1. The van der Waals surface area contributed by atoms with Crippen molar-refractivity contribution in [3.05, 3.63) is 35.4 Å². The van der Waals surface area contributed by atoms with E-state index < -0.39 is 15.5 Å². The van der Waals surface area contributed by atoms with Gasteiger partial charge in [-0.05, 0) is 49.7 Å². The number of rotatable bonds is 6. The highest BCUT2D eigenvalue weighted by atomic mass is 127. The first kappa shape index (κ1) is 26.2. The van der Waals surface area contributed by atoms with Crippen molar-refractivity contribution in [3.8, 4) is 0 Å². The van der Waals surface area contributed by atoms with Crippen LogP contribution in [0.3, 0.4) is 0 Å². The summed E-state index contributed by atoms with van der Waals surface area (Å²) in [7, 11) is -3.55. The van der Waals surface area contributed by atoms with Crippen molar-refractivity contribution in [1.29, 1.82) is 0 Å². The molecule has 0 aromatic heterocycles. The Morgan fingerprint density at radius 3 is 2.32 bits per heavy atom. The molecule has 6 nitrogen and oxygen atoms in total. The number of aryl methyl sites for hydroxylation is 1. The molecule has 2 N–H and O–H groups in total. The van der Waals surface area contributed by atoms with Crippen LogP contribution in [0.4, 0.5) is 13.2 Å². The molecule has 3 rings (SSSR count). The molecule has 1 saturated heterocycles. The second-order valence-corrected chi connectivity index (χ2v) is 10.1. The summed E-state index contributed by atoms with van der Waals surface area (Å²) in [5, 5.41) is 6.61. The van der Waals surface area contributed by atoms with Gasteiger partial charge in [-0.15, -0.1) is 24.0 Å². The van der Waals surface area contributed by atoms with Gasteiger partial charge in [0, 0.05) is 38.6 Å². The molecule has 1 aliphatic heterocycles. The summed E-state index contributed by atoms with van der Waals surface area (Å²) in [6.45, 7) is 3.19. The van der Waals surface area contributed by atoms with Gasteiger partial charge in [0.2, 0.25) is 0 Å². The van der Waals surface area contributed by atoms with E-state index in [-0.39, 0.29) is 48.4 Å². The molecule has 1 aliphatic carbocycles. The number of halogens is 4. The maximum Gasteiger partial charge on any atom is 0.511 e. The predicted octanol–water partition coefficient (Wildman–Crippen LogP) is 3.37. The van der Waals surface area contributed by atoms with Crippen molar-refractivity contribution in [2.75, 3.05) is 33.2 Å². The van der Waals surface area contributed by atoms with Crippen LogP contribution in [0.2, 0.25) is 0 Å². The van der Waals surface area contributed by atoms with Crippen molar-refractivity contribution in [2.45, 2.75) is 43.5 Å². The predicted molar refractivity (Wildman–Crippen MR) is 126 cm³/mol. The molecule has 1 heterocycles. The van der Waals surface area contributed by atoms with Gasteiger partial charge >= 0.3 is 15.5 Å². The van der Waals surface area contributed by atoms with Crippen LogP contribution >= 0.6 is 24.0 Å². The van der Waals surface area contributed by atoms with E-state index in [2.05, 4.69) is 40.7 Å². The first-order chi connectivity index (χ1) is 14.1. The highest BCUT2D eigenvalue weighted by molar-refractivity contribution is 14.0. The number of hydrogen-bond donors (Lipinski definition) is 2. The third-order valence-electron chi connectivity index (χ3n) is 6.15. The zero-order valence-corrected chi connectivity index (χ0v) is 20.9. The molecule has 1 aromatic carbocycles. The summed E-state index contributed by atoms with van der Waals surface area (Å²) in [6.07, 6.45) is 3.00.